The molecule has 2 N–H and O–H groups in total. The van der Waals surface area contributed by atoms with Crippen molar-refractivity contribution in [2.45, 2.75) is 0 Å². The molecule has 1 aromatic carbocycles. The summed E-state index contributed by atoms with van der Waals surface area (Å²) >= 11 is 0. The Hall–Kier alpha value is -2.60. The Kier molecular flexibility index (Phi) is 5.94. The predicted molar refractivity (Wildman–Crippen MR) is 91.4 cm³/mol. The molecule has 6 nitrogen and oxygen atoms in total. The number of pyridine rings is 1. The van der Waals surface area contributed by atoms with Gasteiger partial charge in [0, 0.05) is 25.0 Å². The van der Waals surface area contributed by atoms with E-state index >= 15 is 0 Å². The molecule has 1 amide bonds. The van der Waals surface area contributed by atoms with Crippen LogP contribution in [0.5, 0.6) is 5.75 Å². The van der Waals surface area contributed by atoms with Crippen molar-refractivity contribution in [3.63, 3.8) is 0 Å². The van der Waals surface area contributed by atoms with Crippen LogP contribution in [0.3, 0.4) is 0 Å². The van der Waals surface area contributed by atoms with Crippen LogP contribution >= 0.6 is 0 Å². The molecular weight excluding hydrogens is 292 g/mol. The summed E-state index contributed by atoms with van der Waals surface area (Å²) in [7, 11) is 5.55. The molecule has 0 spiro atoms. The monoisotopic (exact) mass is 314 g/mol. The highest BCUT2D eigenvalue weighted by Gasteiger charge is 2.12. The number of hydrogen-bond acceptors (Lipinski definition) is 5. The van der Waals surface area contributed by atoms with Crippen molar-refractivity contribution in [3.8, 4) is 5.75 Å². The zero-order chi connectivity index (χ0) is 16.7. The Bertz CT molecular complexity index is 641. The molecule has 0 bridgehead atoms. The number of carbonyl (C=O) groups is 1. The van der Waals surface area contributed by atoms with Gasteiger partial charge in [0.2, 0.25) is 0 Å². The second kappa shape index (κ2) is 8.14. The minimum atomic E-state index is -0.143. The maximum absolute atomic E-state index is 12.3. The van der Waals surface area contributed by atoms with Crippen LogP contribution in [-0.4, -0.2) is 50.1 Å². The standard InChI is InChI=1S/C17H22N4O2/c1-21(2)12-11-19-17(22)15-5-4-10-18-16(15)20-13-6-8-14(23-3)9-7-13/h4-10H,11-12H2,1-3H3,(H,18,20)(H,19,22). The highest BCUT2D eigenvalue weighted by molar-refractivity contribution is 5.99. The number of rotatable bonds is 7. The minimum Gasteiger partial charge on any atom is -0.497 e. The molecule has 0 aliphatic heterocycles. The van der Waals surface area contributed by atoms with Gasteiger partial charge in [0.05, 0.1) is 12.7 Å². The summed E-state index contributed by atoms with van der Waals surface area (Å²) in [6.45, 7) is 1.37. The van der Waals surface area contributed by atoms with Crippen molar-refractivity contribution in [1.82, 2.24) is 15.2 Å². The highest BCUT2D eigenvalue weighted by Crippen LogP contribution is 2.21. The van der Waals surface area contributed by atoms with E-state index in [4.69, 9.17) is 4.74 Å². The normalized spacial score (nSPS) is 10.4. The van der Waals surface area contributed by atoms with Gasteiger partial charge < -0.3 is 20.3 Å². The van der Waals surface area contributed by atoms with Gasteiger partial charge in [0.15, 0.2) is 0 Å². The summed E-state index contributed by atoms with van der Waals surface area (Å²) in [4.78, 5) is 18.6. The molecule has 2 rings (SSSR count). The zero-order valence-electron chi connectivity index (χ0n) is 13.7. The van der Waals surface area contributed by atoms with Gasteiger partial charge in [0.25, 0.3) is 5.91 Å². The average Bonchev–Trinajstić information content (AvgIpc) is 2.55. The number of nitrogens with one attached hydrogen (secondary N) is 2. The van der Waals surface area contributed by atoms with Crippen LogP contribution in [0.15, 0.2) is 42.6 Å². The zero-order valence-corrected chi connectivity index (χ0v) is 13.7. The number of anilines is 2. The molecule has 0 aliphatic carbocycles. The van der Waals surface area contributed by atoms with E-state index in [1.54, 1.807) is 25.4 Å². The maximum Gasteiger partial charge on any atom is 0.255 e. The third-order valence-corrected chi connectivity index (χ3v) is 3.25. The topological polar surface area (TPSA) is 66.5 Å². The third-order valence-electron chi connectivity index (χ3n) is 3.25. The van der Waals surface area contributed by atoms with E-state index in [0.717, 1.165) is 18.0 Å². The van der Waals surface area contributed by atoms with Crippen molar-refractivity contribution in [2.24, 2.45) is 0 Å². The van der Waals surface area contributed by atoms with Crippen molar-refractivity contribution in [2.75, 3.05) is 39.6 Å². The fourth-order valence-corrected chi connectivity index (χ4v) is 1.99. The summed E-state index contributed by atoms with van der Waals surface area (Å²) in [5.41, 5.74) is 1.36. The average molecular weight is 314 g/mol. The van der Waals surface area contributed by atoms with Crippen molar-refractivity contribution < 1.29 is 9.53 Å². The lowest BCUT2D eigenvalue weighted by molar-refractivity contribution is 0.0951. The van der Waals surface area contributed by atoms with E-state index in [1.807, 2.05) is 43.3 Å². The summed E-state index contributed by atoms with van der Waals surface area (Å²) in [5.74, 6) is 1.16. The van der Waals surface area contributed by atoms with Crippen LogP contribution in [-0.2, 0) is 0 Å². The number of nitrogens with zero attached hydrogens (tertiary/aromatic N) is 2. The van der Waals surface area contributed by atoms with Crippen molar-refractivity contribution >= 4 is 17.4 Å². The molecule has 23 heavy (non-hydrogen) atoms. The number of ether oxygens (including phenoxy) is 1. The maximum atomic E-state index is 12.3. The van der Waals surface area contributed by atoms with Crippen LogP contribution in [0.25, 0.3) is 0 Å². The van der Waals surface area contributed by atoms with Crippen molar-refractivity contribution in [3.05, 3.63) is 48.2 Å². The van der Waals surface area contributed by atoms with Gasteiger partial charge in [-0.3, -0.25) is 4.79 Å². The second-order valence-electron chi connectivity index (χ2n) is 5.31. The van der Waals surface area contributed by atoms with Crippen molar-refractivity contribution in [1.29, 1.82) is 0 Å². The van der Waals surface area contributed by atoms with E-state index in [0.29, 0.717) is 17.9 Å². The Labute approximate surface area is 136 Å². The fourth-order valence-electron chi connectivity index (χ4n) is 1.99. The fraction of sp³-hybridized carbons (Fsp3) is 0.294. The quantitative estimate of drug-likeness (QED) is 0.819. The van der Waals surface area contributed by atoms with Gasteiger partial charge in [-0.1, -0.05) is 0 Å². The Morgan fingerprint density at radius 2 is 1.96 bits per heavy atom. The van der Waals surface area contributed by atoms with Gasteiger partial charge in [-0.15, -0.1) is 0 Å². The summed E-state index contributed by atoms with van der Waals surface area (Å²) in [6.07, 6.45) is 1.66. The second-order valence-corrected chi connectivity index (χ2v) is 5.31. The van der Waals surface area contributed by atoms with Gasteiger partial charge in [-0.25, -0.2) is 4.98 Å². The summed E-state index contributed by atoms with van der Waals surface area (Å²) in [6, 6.07) is 11.0. The largest absolute Gasteiger partial charge is 0.497 e. The molecule has 0 fully saturated rings. The molecule has 0 saturated heterocycles. The first kappa shape index (κ1) is 16.8. The van der Waals surface area contributed by atoms with E-state index in [1.165, 1.54) is 0 Å². The molecule has 0 aliphatic rings. The Balaban J connectivity index is 2.08. The first-order chi connectivity index (χ1) is 11.1. The van der Waals surface area contributed by atoms with E-state index in [-0.39, 0.29) is 5.91 Å². The smallest absolute Gasteiger partial charge is 0.255 e. The van der Waals surface area contributed by atoms with E-state index < -0.39 is 0 Å². The van der Waals surface area contributed by atoms with Gasteiger partial charge >= 0.3 is 0 Å². The Morgan fingerprint density at radius 1 is 1.22 bits per heavy atom. The lowest BCUT2D eigenvalue weighted by Crippen LogP contribution is -2.31. The first-order valence-electron chi connectivity index (χ1n) is 7.39. The molecule has 1 aromatic heterocycles. The van der Waals surface area contributed by atoms with Crippen LogP contribution in [0, 0.1) is 0 Å². The van der Waals surface area contributed by atoms with Crippen LogP contribution < -0.4 is 15.4 Å². The summed E-state index contributed by atoms with van der Waals surface area (Å²) in [5, 5.41) is 6.06. The van der Waals surface area contributed by atoms with Crippen LogP contribution in [0.2, 0.25) is 0 Å². The third kappa shape index (κ3) is 4.96. The number of hydrogen-bond donors (Lipinski definition) is 2. The molecule has 0 saturated carbocycles. The number of benzene rings is 1. The number of likely N-dealkylation sites (N-methyl/N-ethyl adjacent to an activating group) is 1. The molecular formula is C17H22N4O2. The number of methoxy groups -OCH3 is 1. The van der Waals surface area contributed by atoms with Gasteiger partial charge in [-0.2, -0.15) is 0 Å². The lowest BCUT2D eigenvalue weighted by atomic mass is 10.2. The highest BCUT2D eigenvalue weighted by atomic mass is 16.5. The van der Waals surface area contributed by atoms with Gasteiger partial charge in [0.1, 0.15) is 11.6 Å². The predicted octanol–water partition coefficient (Wildman–Crippen LogP) is 2.13. The molecule has 0 unspecified atom stereocenters. The molecule has 1 heterocycles. The molecule has 122 valence electrons. The lowest BCUT2D eigenvalue weighted by Gasteiger charge is -2.13. The first-order valence-corrected chi connectivity index (χ1v) is 7.39. The molecule has 0 radical (unpaired) electrons. The van der Waals surface area contributed by atoms with Gasteiger partial charge in [-0.05, 0) is 50.5 Å². The molecule has 0 atom stereocenters. The number of carbonyl (C=O) groups excluding carboxylic acids is 1. The minimum absolute atomic E-state index is 0.143. The molecule has 6 heteroatoms. The number of amides is 1. The molecule has 2 aromatic rings. The Morgan fingerprint density at radius 3 is 2.61 bits per heavy atom. The SMILES string of the molecule is COc1ccc(Nc2ncccc2C(=O)NCCN(C)C)cc1. The van der Waals surface area contributed by atoms with Crippen LogP contribution in [0.4, 0.5) is 11.5 Å². The van der Waals surface area contributed by atoms with Crippen LogP contribution in [0.1, 0.15) is 10.4 Å². The summed E-state index contributed by atoms with van der Waals surface area (Å²) < 4.78 is 5.13. The number of aromatic nitrogens is 1. The van der Waals surface area contributed by atoms with E-state index in [2.05, 4.69) is 15.6 Å². The van der Waals surface area contributed by atoms with E-state index in [9.17, 15) is 4.79 Å².